The van der Waals surface area contributed by atoms with Crippen molar-refractivity contribution in [1.82, 2.24) is 19.2 Å². The number of rotatable bonds is 2. The number of aromatic amines is 1. The summed E-state index contributed by atoms with van der Waals surface area (Å²) in [5.41, 5.74) is 0.709. The van der Waals surface area contributed by atoms with Gasteiger partial charge in [-0.3, -0.25) is 13.8 Å². The molecule has 4 rings (SSSR count). The van der Waals surface area contributed by atoms with Crippen molar-refractivity contribution in [3.63, 3.8) is 0 Å². The van der Waals surface area contributed by atoms with Crippen molar-refractivity contribution in [2.24, 2.45) is 5.92 Å². The summed E-state index contributed by atoms with van der Waals surface area (Å²) in [6, 6.07) is 1.77. The van der Waals surface area contributed by atoms with Crippen molar-refractivity contribution >= 4 is 51.1 Å². The van der Waals surface area contributed by atoms with Gasteiger partial charge in [-0.15, -0.1) is 16.4 Å². The molecule has 0 bridgehead atoms. The second-order valence-electron chi connectivity index (χ2n) is 4.79. The van der Waals surface area contributed by atoms with Gasteiger partial charge in [0.15, 0.2) is 0 Å². The lowest BCUT2D eigenvalue weighted by molar-refractivity contribution is 0.616. The van der Waals surface area contributed by atoms with E-state index in [1.165, 1.54) is 24.2 Å². The average Bonchev–Trinajstić information content (AvgIpc) is 2.99. The first-order valence-corrected chi connectivity index (χ1v) is 7.54. The van der Waals surface area contributed by atoms with Crippen LogP contribution in [0.2, 0.25) is 4.34 Å². The van der Waals surface area contributed by atoms with Crippen molar-refractivity contribution < 1.29 is 0 Å². The first kappa shape index (κ1) is 11.6. The quantitative estimate of drug-likeness (QED) is 0.740. The minimum Gasteiger partial charge on any atom is -0.275 e. The molecule has 1 N–H and O–H groups in total. The Kier molecular flexibility index (Phi) is 2.39. The van der Waals surface area contributed by atoms with Crippen molar-refractivity contribution in [1.29, 1.82) is 0 Å². The van der Waals surface area contributed by atoms with Gasteiger partial charge in [0, 0.05) is 6.54 Å². The first-order chi connectivity index (χ1) is 9.15. The van der Waals surface area contributed by atoms with Crippen LogP contribution in [0, 0.1) is 10.7 Å². The van der Waals surface area contributed by atoms with Crippen LogP contribution < -0.4 is 5.56 Å². The zero-order valence-corrected chi connectivity index (χ0v) is 12.1. The van der Waals surface area contributed by atoms with Crippen LogP contribution >= 0.6 is 35.2 Å². The maximum atomic E-state index is 12.5. The third kappa shape index (κ3) is 1.69. The second-order valence-corrected chi connectivity index (χ2v) is 6.86. The second kappa shape index (κ2) is 3.91. The van der Waals surface area contributed by atoms with Gasteiger partial charge in [-0.05, 0) is 37.0 Å². The first-order valence-electron chi connectivity index (χ1n) is 5.94. The molecule has 0 amide bonds. The van der Waals surface area contributed by atoms with E-state index in [-0.39, 0.29) is 5.56 Å². The molecule has 1 aliphatic carbocycles. The van der Waals surface area contributed by atoms with Gasteiger partial charge in [-0.1, -0.05) is 11.6 Å². The molecule has 1 aliphatic rings. The van der Waals surface area contributed by atoms with Gasteiger partial charge in [-0.2, -0.15) is 0 Å². The maximum Gasteiger partial charge on any atom is 0.272 e. The number of hydrogen-bond donors (Lipinski definition) is 1. The predicted octanol–water partition coefficient (Wildman–Crippen LogP) is 2.83. The highest BCUT2D eigenvalue weighted by Crippen LogP contribution is 2.32. The summed E-state index contributed by atoms with van der Waals surface area (Å²) in [6.07, 6.45) is 2.35. The van der Waals surface area contributed by atoms with Gasteiger partial charge in [0.05, 0.1) is 9.85 Å². The lowest BCUT2D eigenvalue weighted by atomic mass is 10.4. The highest BCUT2D eigenvalue weighted by molar-refractivity contribution is 7.71. The molecule has 0 spiro atoms. The summed E-state index contributed by atoms with van der Waals surface area (Å²) >= 11 is 12.6. The van der Waals surface area contributed by atoms with Crippen LogP contribution in [0.15, 0.2) is 10.9 Å². The molecule has 98 valence electrons. The van der Waals surface area contributed by atoms with Crippen molar-refractivity contribution in [2.75, 3.05) is 0 Å². The molecule has 19 heavy (non-hydrogen) atoms. The standard InChI is InChI=1S/C11H9ClN4OS2/c12-7-3-6-8(19-7)9(17)15(4-5-1-2-5)10-13-14-11(18)16(6)10/h3,5H,1-2,4H2,(H,14,18). The van der Waals surface area contributed by atoms with Gasteiger partial charge in [0.2, 0.25) is 10.5 Å². The Morgan fingerprint density at radius 3 is 3.11 bits per heavy atom. The third-order valence-corrected chi connectivity index (χ3v) is 4.91. The van der Waals surface area contributed by atoms with E-state index in [1.54, 1.807) is 15.0 Å². The SMILES string of the molecule is O=c1c2sc(Cl)cc2n2c(=S)[nH]nc2n1CC1CC1. The number of thiophene rings is 1. The molecule has 1 saturated carbocycles. The molecule has 0 aliphatic heterocycles. The Hall–Kier alpha value is -1.18. The van der Waals surface area contributed by atoms with E-state index in [2.05, 4.69) is 10.2 Å². The molecule has 0 atom stereocenters. The summed E-state index contributed by atoms with van der Waals surface area (Å²) in [7, 11) is 0. The van der Waals surface area contributed by atoms with Crippen LogP contribution in [0.25, 0.3) is 16.0 Å². The summed E-state index contributed by atoms with van der Waals surface area (Å²) in [5.74, 6) is 1.16. The van der Waals surface area contributed by atoms with E-state index < -0.39 is 0 Å². The molecule has 0 radical (unpaired) electrons. The van der Waals surface area contributed by atoms with Crippen LogP contribution in [0.4, 0.5) is 0 Å². The van der Waals surface area contributed by atoms with Gasteiger partial charge >= 0.3 is 0 Å². The Morgan fingerprint density at radius 1 is 1.58 bits per heavy atom. The van der Waals surface area contributed by atoms with Gasteiger partial charge in [0.25, 0.3) is 5.56 Å². The summed E-state index contributed by atoms with van der Waals surface area (Å²) in [6.45, 7) is 0.702. The number of aromatic nitrogens is 4. The minimum absolute atomic E-state index is 0.0275. The largest absolute Gasteiger partial charge is 0.275 e. The zero-order valence-electron chi connectivity index (χ0n) is 9.72. The number of nitrogens with one attached hydrogen (secondary N) is 1. The topological polar surface area (TPSA) is 55.1 Å². The van der Waals surface area contributed by atoms with E-state index in [1.807, 2.05) is 0 Å². The fourth-order valence-corrected chi connectivity index (χ4v) is 3.67. The molecule has 5 nitrogen and oxygen atoms in total. The normalized spacial score (nSPS) is 15.6. The van der Waals surface area contributed by atoms with Crippen molar-refractivity contribution in [2.45, 2.75) is 19.4 Å². The van der Waals surface area contributed by atoms with Crippen LogP contribution in [0.5, 0.6) is 0 Å². The van der Waals surface area contributed by atoms with Crippen LogP contribution in [-0.2, 0) is 6.54 Å². The number of fused-ring (bicyclic) bond motifs is 3. The Labute approximate surface area is 121 Å². The maximum absolute atomic E-state index is 12.5. The van der Waals surface area contributed by atoms with Crippen LogP contribution in [0.3, 0.4) is 0 Å². The number of hydrogen-bond acceptors (Lipinski definition) is 4. The lowest BCUT2D eigenvalue weighted by Gasteiger charge is -2.06. The molecule has 0 unspecified atom stereocenters. The molecular formula is C11H9ClN4OS2. The Bertz CT molecular complexity index is 914. The summed E-state index contributed by atoms with van der Waals surface area (Å²) < 4.78 is 5.20. The molecule has 8 heteroatoms. The zero-order chi connectivity index (χ0) is 13.1. The smallest absolute Gasteiger partial charge is 0.272 e. The van der Waals surface area contributed by atoms with Gasteiger partial charge in [0.1, 0.15) is 4.70 Å². The Balaban J connectivity index is 2.20. The Morgan fingerprint density at radius 2 is 2.37 bits per heavy atom. The van der Waals surface area contributed by atoms with E-state index in [0.717, 1.165) is 5.52 Å². The highest BCUT2D eigenvalue weighted by Gasteiger charge is 2.25. The van der Waals surface area contributed by atoms with E-state index in [4.69, 9.17) is 23.8 Å². The summed E-state index contributed by atoms with van der Waals surface area (Å²) in [4.78, 5) is 12.5. The highest BCUT2D eigenvalue weighted by atomic mass is 35.5. The van der Waals surface area contributed by atoms with Crippen LogP contribution in [-0.4, -0.2) is 19.2 Å². The van der Waals surface area contributed by atoms with Gasteiger partial charge < -0.3 is 0 Å². The van der Waals surface area contributed by atoms with Crippen molar-refractivity contribution in [3.05, 3.63) is 25.5 Å². The lowest BCUT2D eigenvalue weighted by Crippen LogP contribution is -2.23. The number of halogens is 1. The van der Waals surface area contributed by atoms with E-state index >= 15 is 0 Å². The minimum atomic E-state index is -0.0275. The predicted molar refractivity (Wildman–Crippen MR) is 77.8 cm³/mol. The molecule has 3 aromatic heterocycles. The van der Waals surface area contributed by atoms with E-state index in [9.17, 15) is 4.79 Å². The fraction of sp³-hybridized carbons (Fsp3) is 0.364. The third-order valence-electron chi connectivity index (χ3n) is 3.40. The number of H-pyrrole nitrogens is 1. The monoisotopic (exact) mass is 312 g/mol. The molecular weight excluding hydrogens is 304 g/mol. The fourth-order valence-electron chi connectivity index (χ4n) is 2.30. The molecule has 3 heterocycles. The molecule has 3 aromatic rings. The van der Waals surface area contributed by atoms with Gasteiger partial charge in [-0.25, -0.2) is 5.10 Å². The van der Waals surface area contributed by atoms with Crippen LogP contribution in [0.1, 0.15) is 12.8 Å². The molecule has 0 saturated heterocycles. The average molecular weight is 313 g/mol. The molecule has 1 fully saturated rings. The molecule has 0 aromatic carbocycles. The summed E-state index contributed by atoms with van der Waals surface area (Å²) in [5, 5.41) is 6.95. The number of nitrogens with zero attached hydrogens (tertiary/aromatic N) is 3. The van der Waals surface area contributed by atoms with E-state index in [0.29, 0.717) is 32.0 Å². The van der Waals surface area contributed by atoms with Crippen molar-refractivity contribution in [3.8, 4) is 0 Å².